The topological polar surface area (TPSA) is 183 Å². The number of rotatable bonds is 31. The van der Waals surface area contributed by atoms with E-state index in [1.807, 2.05) is 12.1 Å². The summed E-state index contributed by atoms with van der Waals surface area (Å²) in [4.78, 5) is 31.5. The second-order valence-electron chi connectivity index (χ2n) is 20.4. The van der Waals surface area contributed by atoms with Crippen molar-refractivity contribution in [3.8, 4) is 16.9 Å². The minimum Gasteiger partial charge on any atom is -0.491 e. The molecule has 0 aliphatic carbocycles. The van der Waals surface area contributed by atoms with Gasteiger partial charge < -0.3 is 42.2 Å². The zero-order valence-corrected chi connectivity index (χ0v) is 46.4. The Morgan fingerprint density at radius 2 is 1.49 bits per heavy atom. The molecule has 5 aromatic rings. The normalized spacial score (nSPS) is 15.0. The molecule has 0 spiro atoms. The van der Waals surface area contributed by atoms with Crippen LogP contribution in [0.2, 0.25) is 51.4 Å². The highest BCUT2D eigenvalue weighted by Crippen LogP contribution is 2.34. The molecule has 1 aliphatic rings. The molecule has 0 amide bonds. The summed E-state index contributed by atoms with van der Waals surface area (Å²) >= 11 is 0. The molecule has 4 heterocycles. The number of aromatic nitrogens is 3. The largest absolute Gasteiger partial charge is 0.491 e. The maximum atomic E-state index is 17.0. The monoisotopic (exact) mass is 1090 g/mol. The highest BCUT2D eigenvalue weighted by molar-refractivity contribution is 7.90. The van der Waals surface area contributed by atoms with Crippen LogP contribution in [0.15, 0.2) is 65.4 Å². The number of aryl methyl sites for hydroxylation is 1. The Kier molecular flexibility index (Phi) is 21.0. The van der Waals surface area contributed by atoms with Gasteiger partial charge >= 0.3 is 16.2 Å². The number of fused-ring (bicyclic) bond motifs is 1. The Labute approximate surface area is 433 Å². The van der Waals surface area contributed by atoms with E-state index in [1.54, 1.807) is 42.0 Å². The molecule has 0 saturated carbocycles. The molecule has 74 heavy (non-hydrogen) atoms. The average Bonchev–Trinajstić information content (AvgIpc) is 4.09. The van der Waals surface area contributed by atoms with Gasteiger partial charge in [-0.25, -0.2) is 22.5 Å². The van der Waals surface area contributed by atoms with E-state index in [0.29, 0.717) is 97.0 Å². The van der Waals surface area contributed by atoms with Gasteiger partial charge in [0.15, 0.2) is 11.6 Å². The van der Waals surface area contributed by atoms with Crippen molar-refractivity contribution >= 4 is 54.8 Å². The van der Waals surface area contributed by atoms with Crippen molar-refractivity contribution in [3.63, 3.8) is 0 Å². The van der Waals surface area contributed by atoms with Crippen LogP contribution in [0.4, 0.5) is 18.9 Å². The van der Waals surface area contributed by atoms with Gasteiger partial charge in [-0.3, -0.25) is 9.59 Å². The molecule has 406 valence electrons. The summed E-state index contributed by atoms with van der Waals surface area (Å²) in [5, 5.41) is 4.12. The molecule has 1 saturated heterocycles. The Bertz CT molecular complexity index is 2750. The van der Waals surface area contributed by atoms with Gasteiger partial charge in [0.25, 0.3) is 0 Å². The fraction of sp³-hybridized carbons (Fsp3) is 0.529. The van der Waals surface area contributed by atoms with Gasteiger partial charge in [0, 0.05) is 78.5 Å². The van der Waals surface area contributed by atoms with E-state index in [9.17, 15) is 22.4 Å². The number of esters is 1. The predicted molar refractivity (Wildman–Crippen MR) is 279 cm³/mol. The van der Waals surface area contributed by atoms with Crippen molar-refractivity contribution < 1.29 is 68.9 Å². The lowest BCUT2D eigenvalue weighted by molar-refractivity contribution is -0.143. The zero-order valence-electron chi connectivity index (χ0n) is 43.6. The van der Waals surface area contributed by atoms with E-state index in [2.05, 4.69) is 44.4 Å². The number of methoxy groups -OCH3 is 1. The summed E-state index contributed by atoms with van der Waals surface area (Å²) < 4.78 is 123. The van der Waals surface area contributed by atoms with Gasteiger partial charge in [-0.1, -0.05) is 56.6 Å². The van der Waals surface area contributed by atoms with Gasteiger partial charge in [0.05, 0.1) is 62.7 Å². The number of nitrogens with zero attached hydrogens (tertiary/aromatic N) is 5. The Morgan fingerprint density at radius 3 is 2.09 bits per heavy atom. The molecule has 23 heteroatoms. The van der Waals surface area contributed by atoms with E-state index < -0.39 is 86.4 Å². The molecule has 1 aliphatic heterocycles. The number of halogens is 3. The molecule has 2 atom stereocenters. The summed E-state index contributed by atoms with van der Waals surface area (Å²) in [6.07, 6.45) is 1.99. The lowest BCUT2D eigenvalue weighted by Crippen LogP contribution is -2.45. The Morgan fingerprint density at radius 1 is 0.838 bits per heavy atom. The zero-order chi connectivity index (χ0) is 53.6. The maximum absolute atomic E-state index is 17.0. The van der Waals surface area contributed by atoms with Gasteiger partial charge in [0.2, 0.25) is 5.78 Å². The highest BCUT2D eigenvalue weighted by atomic mass is 32.2. The van der Waals surface area contributed by atoms with Crippen molar-refractivity contribution in [2.45, 2.75) is 90.0 Å². The van der Waals surface area contributed by atoms with Crippen LogP contribution in [-0.4, -0.2) is 148 Å². The van der Waals surface area contributed by atoms with E-state index in [4.69, 9.17) is 42.7 Å². The first-order valence-corrected chi connectivity index (χ1v) is 33.5. The van der Waals surface area contributed by atoms with Crippen LogP contribution in [0.5, 0.6) is 5.75 Å². The van der Waals surface area contributed by atoms with Crippen molar-refractivity contribution in [2.24, 2.45) is 0 Å². The van der Waals surface area contributed by atoms with Crippen LogP contribution in [0.1, 0.15) is 46.1 Å². The number of benzene rings is 2. The average molecular weight is 1090 g/mol. The van der Waals surface area contributed by atoms with Crippen LogP contribution in [0.3, 0.4) is 0 Å². The molecule has 0 bridgehead atoms. The third-order valence-electron chi connectivity index (χ3n) is 12.1. The van der Waals surface area contributed by atoms with Gasteiger partial charge in [-0.05, 0) is 67.7 Å². The quantitative estimate of drug-likeness (QED) is 0.0135. The summed E-state index contributed by atoms with van der Waals surface area (Å²) in [5.74, 6) is -3.67. The lowest BCUT2D eigenvalue weighted by Gasteiger charge is -2.29. The van der Waals surface area contributed by atoms with E-state index in [0.717, 1.165) is 22.5 Å². The molecular weight excluding hydrogens is 1020 g/mol. The van der Waals surface area contributed by atoms with E-state index in [1.165, 1.54) is 13.3 Å². The van der Waals surface area contributed by atoms with Crippen LogP contribution >= 0.6 is 0 Å². The van der Waals surface area contributed by atoms with E-state index in [-0.39, 0.29) is 43.9 Å². The van der Waals surface area contributed by atoms with Crippen molar-refractivity contribution in [1.82, 2.24) is 19.0 Å². The second-order valence-corrected chi connectivity index (χ2v) is 33.5. The summed E-state index contributed by atoms with van der Waals surface area (Å²) in [5.41, 5.74) is 0.639. The fourth-order valence-electron chi connectivity index (χ4n) is 7.82. The molecule has 1 unspecified atom stereocenters. The third kappa shape index (κ3) is 16.3. The first kappa shape index (κ1) is 58.3. The molecule has 2 aromatic carbocycles. The van der Waals surface area contributed by atoms with Gasteiger partial charge in [0.1, 0.15) is 49.4 Å². The number of pyridine rings is 1. The summed E-state index contributed by atoms with van der Waals surface area (Å²) in [6, 6.07) is 13.9. The van der Waals surface area contributed by atoms with Gasteiger partial charge in [-0.2, -0.15) is 12.7 Å². The molecular formula is C51H70F3N5O12SSi2. The number of hydrogen-bond acceptors (Lipinski definition) is 14. The molecule has 0 N–H and O–H groups in total. The van der Waals surface area contributed by atoms with Crippen molar-refractivity contribution in [3.05, 3.63) is 95.1 Å². The maximum Gasteiger partial charge on any atom is 0.316 e. The predicted octanol–water partition coefficient (Wildman–Crippen LogP) is 9.00. The van der Waals surface area contributed by atoms with Crippen molar-refractivity contribution in [2.75, 3.05) is 90.7 Å². The van der Waals surface area contributed by atoms with Crippen LogP contribution in [0, 0.1) is 18.6 Å². The molecule has 1 fully saturated rings. The van der Waals surface area contributed by atoms with E-state index >= 15 is 8.78 Å². The number of carbonyl (C=O) groups is 2. The Balaban J connectivity index is 1.10. The molecule has 3 aromatic heterocycles. The van der Waals surface area contributed by atoms with Crippen LogP contribution in [0.25, 0.3) is 22.2 Å². The smallest absolute Gasteiger partial charge is 0.316 e. The Hall–Kier alpha value is -4.99. The number of anilines is 1. The number of ketones is 1. The minimum absolute atomic E-state index is 0.00319. The lowest BCUT2D eigenvalue weighted by atomic mass is 9.99. The highest BCUT2D eigenvalue weighted by Gasteiger charge is 2.39. The first-order valence-electron chi connectivity index (χ1n) is 24.7. The van der Waals surface area contributed by atoms with Crippen molar-refractivity contribution in [1.29, 1.82) is 0 Å². The molecule has 17 nitrogen and oxygen atoms in total. The first-order chi connectivity index (χ1) is 35.2. The molecule has 0 radical (unpaired) electrons. The standard InChI is InChI=1S/C51H70F3N5O12SSi2/c1-36-29-46(71-56-36)41(51(61)64-2)16-18-65-19-20-66-21-22-67-23-24-70-40-11-9-37(10-12-40)38-30-42-43(33-57(50(42)55-31-38)34-68-25-27-73(3,4)5)49(60)47-44(53)13-14-45(48(47)54)59(35-69-26-28-74(6,7)8)72(62,63)58-17-15-39(52)32-58/h9-14,29-31,33,39,41H,15-28,32,34-35H2,1-8H3/t39-,41?/m1/s1. The SMILES string of the molecule is COC(=O)C(CCOCCOCCOCCOc1ccc(-c2cnc3c(c2)c(C(=O)c2c(F)ccc(N(COCC[Si](C)(C)C)S(=O)(=O)N4CC[C@@H](F)C4)c2F)cn3COCC[Si](C)(C)C)cc1)c1cc(C)no1. The van der Waals surface area contributed by atoms with Gasteiger partial charge in [-0.15, -0.1) is 0 Å². The number of ether oxygens (including phenoxy) is 7. The summed E-state index contributed by atoms with van der Waals surface area (Å²) in [7, 11) is -6.34. The molecule has 6 rings (SSSR count). The minimum atomic E-state index is -4.59. The van der Waals surface area contributed by atoms with Crippen LogP contribution in [-0.2, 0) is 50.2 Å². The summed E-state index contributed by atoms with van der Waals surface area (Å²) in [6.45, 7) is 16.4. The third-order valence-corrected chi connectivity index (χ3v) is 17.4. The number of hydrogen-bond donors (Lipinski definition) is 0. The number of alkyl halides is 1. The van der Waals surface area contributed by atoms with Crippen LogP contribution < -0.4 is 9.04 Å². The number of carbonyl (C=O) groups excluding carboxylic acids is 2. The fourth-order valence-corrected chi connectivity index (χ4v) is 10.9. The second kappa shape index (κ2) is 26.7.